The molecule has 1 atom stereocenters. The fourth-order valence-electron chi connectivity index (χ4n) is 4.31. The SMILES string of the molecule is Cc1cccc(CO)c1N1CC(C(=O)Nc2cc(C(F)(F)F)cc(C(F)(F)F)c2)(C(C)C)CC1=O. The van der Waals surface area contributed by atoms with Gasteiger partial charge < -0.3 is 15.3 Å². The number of aryl methyl sites for hydroxylation is 1. The van der Waals surface area contributed by atoms with Crippen molar-refractivity contribution in [2.45, 2.75) is 46.2 Å². The zero-order valence-electron chi connectivity index (χ0n) is 19.1. The molecule has 2 amide bonds. The number of alkyl halides is 6. The van der Waals surface area contributed by atoms with Crippen LogP contribution in [0, 0.1) is 18.3 Å². The molecule has 2 aromatic carbocycles. The lowest BCUT2D eigenvalue weighted by Gasteiger charge is -2.32. The molecule has 35 heavy (non-hydrogen) atoms. The van der Waals surface area contributed by atoms with Gasteiger partial charge in [-0.25, -0.2) is 0 Å². The van der Waals surface area contributed by atoms with Crippen molar-refractivity contribution in [3.63, 3.8) is 0 Å². The largest absolute Gasteiger partial charge is 0.416 e. The van der Waals surface area contributed by atoms with Crippen molar-refractivity contribution in [3.8, 4) is 0 Å². The number of nitrogens with zero attached hydrogens (tertiary/aromatic N) is 1. The van der Waals surface area contributed by atoms with Crippen molar-refractivity contribution in [1.82, 2.24) is 0 Å². The van der Waals surface area contributed by atoms with E-state index in [4.69, 9.17) is 0 Å². The molecule has 1 unspecified atom stereocenters. The average molecular weight is 502 g/mol. The van der Waals surface area contributed by atoms with E-state index in [0.717, 1.165) is 0 Å². The van der Waals surface area contributed by atoms with E-state index < -0.39 is 52.3 Å². The lowest BCUT2D eigenvalue weighted by atomic mass is 9.75. The minimum absolute atomic E-state index is 0.0245. The summed E-state index contributed by atoms with van der Waals surface area (Å²) in [7, 11) is 0. The first-order chi connectivity index (χ1) is 16.1. The lowest BCUT2D eigenvalue weighted by Crippen LogP contribution is -2.43. The molecular formula is C24H24F6N2O3. The molecule has 1 saturated heterocycles. The van der Waals surface area contributed by atoms with Gasteiger partial charge >= 0.3 is 12.4 Å². The summed E-state index contributed by atoms with van der Waals surface area (Å²) >= 11 is 0. The number of aliphatic hydroxyl groups excluding tert-OH is 1. The first-order valence-corrected chi connectivity index (χ1v) is 10.7. The zero-order chi connectivity index (χ0) is 26.3. The fourth-order valence-corrected chi connectivity index (χ4v) is 4.31. The van der Waals surface area contributed by atoms with Gasteiger partial charge in [-0.2, -0.15) is 26.3 Å². The summed E-state index contributed by atoms with van der Waals surface area (Å²) in [6, 6.07) is 5.87. The monoisotopic (exact) mass is 502 g/mol. The van der Waals surface area contributed by atoms with Crippen LogP contribution in [0.1, 0.15) is 42.5 Å². The predicted molar refractivity (Wildman–Crippen MR) is 116 cm³/mol. The highest BCUT2D eigenvalue weighted by atomic mass is 19.4. The Bertz CT molecular complexity index is 1110. The number of rotatable bonds is 5. The van der Waals surface area contributed by atoms with Crippen molar-refractivity contribution in [1.29, 1.82) is 0 Å². The minimum atomic E-state index is -5.07. The number of nitrogens with one attached hydrogen (secondary N) is 1. The van der Waals surface area contributed by atoms with Crippen LogP contribution in [0.5, 0.6) is 0 Å². The van der Waals surface area contributed by atoms with Crippen molar-refractivity contribution >= 4 is 23.2 Å². The van der Waals surface area contributed by atoms with E-state index in [1.807, 2.05) is 0 Å². The number of hydrogen-bond donors (Lipinski definition) is 2. The van der Waals surface area contributed by atoms with Crippen LogP contribution < -0.4 is 10.2 Å². The van der Waals surface area contributed by atoms with E-state index in [2.05, 4.69) is 5.32 Å². The maximum atomic E-state index is 13.4. The molecule has 5 nitrogen and oxygen atoms in total. The quantitative estimate of drug-likeness (QED) is 0.528. The van der Waals surface area contributed by atoms with E-state index in [-0.39, 0.29) is 25.6 Å². The molecule has 0 aromatic heterocycles. The van der Waals surface area contributed by atoms with Crippen molar-refractivity contribution in [2.75, 3.05) is 16.8 Å². The lowest BCUT2D eigenvalue weighted by molar-refractivity contribution is -0.143. The highest BCUT2D eigenvalue weighted by Gasteiger charge is 2.52. The van der Waals surface area contributed by atoms with Crippen LogP contribution in [0.2, 0.25) is 0 Å². The van der Waals surface area contributed by atoms with Gasteiger partial charge in [0.05, 0.1) is 28.8 Å². The Morgan fingerprint density at radius 2 is 1.66 bits per heavy atom. The molecule has 190 valence electrons. The Hall–Kier alpha value is -3.08. The van der Waals surface area contributed by atoms with Crippen molar-refractivity contribution in [3.05, 3.63) is 58.7 Å². The standard InChI is InChI=1S/C24H24F6N2O3/c1-13(2)22(10-19(34)32(12-22)20-14(3)5-4-6-15(20)11-33)21(35)31-18-8-16(23(25,26)27)7-17(9-18)24(28,29)30/h4-9,13,33H,10-12H2,1-3H3,(H,31,35). The van der Waals surface area contributed by atoms with Gasteiger partial charge in [0.1, 0.15) is 0 Å². The molecule has 1 heterocycles. The van der Waals surface area contributed by atoms with Crippen LogP contribution in [0.4, 0.5) is 37.7 Å². The molecule has 2 N–H and O–H groups in total. The molecule has 2 aromatic rings. The van der Waals surface area contributed by atoms with Gasteiger partial charge in [-0.1, -0.05) is 32.0 Å². The topological polar surface area (TPSA) is 69.6 Å². The van der Waals surface area contributed by atoms with E-state index >= 15 is 0 Å². The summed E-state index contributed by atoms with van der Waals surface area (Å²) in [6.45, 7) is 4.49. The summed E-state index contributed by atoms with van der Waals surface area (Å²) in [5.41, 5.74) is -3.68. The first-order valence-electron chi connectivity index (χ1n) is 10.7. The van der Waals surface area contributed by atoms with Crippen LogP contribution in [0.15, 0.2) is 36.4 Å². The molecule has 0 saturated carbocycles. The van der Waals surface area contributed by atoms with Crippen LogP contribution in [-0.4, -0.2) is 23.5 Å². The number of hydrogen-bond acceptors (Lipinski definition) is 3. The molecule has 0 radical (unpaired) electrons. The second-order valence-corrected chi connectivity index (χ2v) is 8.96. The minimum Gasteiger partial charge on any atom is -0.392 e. The number of benzene rings is 2. The molecule has 0 aliphatic carbocycles. The zero-order valence-corrected chi connectivity index (χ0v) is 19.1. The van der Waals surface area contributed by atoms with Gasteiger partial charge in [0.25, 0.3) is 0 Å². The molecular weight excluding hydrogens is 478 g/mol. The number of carbonyl (C=O) groups excluding carboxylic acids is 2. The molecule has 0 bridgehead atoms. The molecule has 0 spiro atoms. The van der Waals surface area contributed by atoms with Gasteiger partial charge in [-0.15, -0.1) is 0 Å². The van der Waals surface area contributed by atoms with E-state index in [1.54, 1.807) is 39.0 Å². The Morgan fingerprint density at radius 1 is 1.09 bits per heavy atom. The van der Waals surface area contributed by atoms with Crippen LogP contribution >= 0.6 is 0 Å². The molecule has 1 aliphatic rings. The number of amides is 2. The maximum Gasteiger partial charge on any atom is 0.416 e. The second kappa shape index (κ2) is 9.18. The average Bonchev–Trinajstić information content (AvgIpc) is 3.10. The second-order valence-electron chi connectivity index (χ2n) is 8.96. The highest BCUT2D eigenvalue weighted by molar-refractivity contribution is 6.06. The Morgan fingerprint density at radius 3 is 2.14 bits per heavy atom. The van der Waals surface area contributed by atoms with Crippen LogP contribution in [0.3, 0.4) is 0 Å². The summed E-state index contributed by atoms with van der Waals surface area (Å²) in [4.78, 5) is 27.7. The Balaban J connectivity index is 2.01. The molecule has 3 rings (SSSR count). The number of anilines is 2. The van der Waals surface area contributed by atoms with Crippen molar-refractivity contribution in [2.24, 2.45) is 11.3 Å². The summed E-state index contributed by atoms with van der Waals surface area (Å²) in [6.07, 6.45) is -10.4. The van der Waals surface area contributed by atoms with Gasteiger partial charge in [0.2, 0.25) is 11.8 Å². The van der Waals surface area contributed by atoms with Gasteiger partial charge in [-0.3, -0.25) is 9.59 Å². The van der Waals surface area contributed by atoms with Gasteiger partial charge in [0, 0.05) is 24.2 Å². The van der Waals surface area contributed by atoms with Crippen LogP contribution in [-0.2, 0) is 28.5 Å². The van der Waals surface area contributed by atoms with E-state index in [9.17, 15) is 41.0 Å². The first kappa shape index (κ1) is 26.5. The predicted octanol–water partition coefficient (Wildman–Crippen LogP) is 5.54. The number of para-hydroxylation sites is 1. The smallest absolute Gasteiger partial charge is 0.392 e. The Labute approximate surface area is 197 Å². The summed E-state index contributed by atoms with van der Waals surface area (Å²) < 4.78 is 79.4. The third kappa shape index (κ3) is 5.14. The van der Waals surface area contributed by atoms with E-state index in [1.165, 1.54) is 4.90 Å². The molecule has 1 fully saturated rings. The summed E-state index contributed by atoms with van der Waals surface area (Å²) in [5, 5.41) is 11.9. The van der Waals surface area contributed by atoms with Crippen molar-refractivity contribution < 1.29 is 41.0 Å². The summed E-state index contributed by atoms with van der Waals surface area (Å²) in [5.74, 6) is -1.81. The number of halogens is 6. The molecule has 11 heteroatoms. The number of carbonyl (C=O) groups is 2. The third-order valence-corrected chi connectivity index (χ3v) is 6.37. The van der Waals surface area contributed by atoms with Gasteiger partial charge in [0.15, 0.2) is 0 Å². The van der Waals surface area contributed by atoms with E-state index in [0.29, 0.717) is 28.9 Å². The fraction of sp³-hybridized carbons (Fsp3) is 0.417. The normalized spacial score (nSPS) is 18.9. The highest BCUT2D eigenvalue weighted by Crippen LogP contribution is 2.44. The molecule has 1 aliphatic heterocycles. The third-order valence-electron chi connectivity index (χ3n) is 6.37. The van der Waals surface area contributed by atoms with Crippen LogP contribution in [0.25, 0.3) is 0 Å². The maximum absolute atomic E-state index is 13.4. The number of aliphatic hydroxyl groups is 1. The Kier molecular flexibility index (Phi) is 6.95. The van der Waals surface area contributed by atoms with Gasteiger partial charge in [-0.05, 0) is 36.6 Å².